The van der Waals surface area contributed by atoms with Gasteiger partial charge in [-0.05, 0) is 33.4 Å². The van der Waals surface area contributed by atoms with Crippen LogP contribution in [0, 0.1) is 0 Å². The Balaban J connectivity index is 1.97. The van der Waals surface area contributed by atoms with E-state index in [1.807, 2.05) is 6.92 Å². The van der Waals surface area contributed by atoms with Gasteiger partial charge in [-0.25, -0.2) is 0 Å². The van der Waals surface area contributed by atoms with E-state index in [-0.39, 0.29) is 18.6 Å². The molecule has 2 heterocycles. The van der Waals surface area contributed by atoms with Gasteiger partial charge in [0.05, 0.1) is 25.2 Å². The molecule has 3 unspecified atom stereocenters. The first-order chi connectivity index (χ1) is 8.01. The second-order valence-corrected chi connectivity index (χ2v) is 5.16. The maximum absolute atomic E-state index is 10.7. The number of rotatable bonds is 3. The molecule has 2 aliphatic heterocycles. The number of piperidine rings is 1. The highest BCUT2D eigenvalue weighted by Gasteiger charge is 2.46. The maximum atomic E-state index is 10.7. The maximum Gasteiger partial charge on any atom is 0.306 e. The molecule has 98 valence electrons. The van der Waals surface area contributed by atoms with Crippen molar-refractivity contribution in [2.45, 2.75) is 50.5 Å². The molecule has 0 aliphatic carbocycles. The van der Waals surface area contributed by atoms with Crippen LogP contribution in [-0.4, -0.2) is 54.1 Å². The van der Waals surface area contributed by atoms with Gasteiger partial charge in [-0.15, -0.1) is 0 Å². The number of likely N-dealkylation sites (tertiary alicyclic amines) is 1. The van der Waals surface area contributed by atoms with Gasteiger partial charge in [-0.2, -0.15) is 0 Å². The summed E-state index contributed by atoms with van der Waals surface area (Å²) in [6, 6.07) is 0.232. The van der Waals surface area contributed by atoms with Gasteiger partial charge < -0.3 is 14.6 Å². The predicted octanol–water partition coefficient (Wildman–Crippen LogP) is 1.08. The molecule has 0 spiro atoms. The van der Waals surface area contributed by atoms with Gasteiger partial charge in [0.25, 0.3) is 0 Å². The van der Waals surface area contributed by atoms with Crippen molar-refractivity contribution >= 4 is 5.97 Å². The second kappa shape index (κ2) is 4.92. The number of hydrogen-bond donors (Lipinski definition) is 1. The van der Waals surface area contributed by atoms with E-state index in [1.165, 1.54) is 12.8 Å². The molecule has 2 rings (SSSR count). The van der Waals surface area contributed by atoms with Crippen molar-refractivity contribution in [3.8, 4) is 0 Å². The summed E-state index contributed by atoms with van der Waals surface area (Å²) >= 11 is 0. The second-order valence-electron chi connectivity index (χ2n) is 5.16. The molecule has 1 N–H and O–H groups in total. The fourth-order valence-electron chi connectivity index (χ4n) is 2.87. The first-order valence-corrected chi connectivity index (χ1v) is 6.25. The van der Waals surface area contributed by atoms with Crippen LogP contribution in [0.5, 0.6) is 0 Å². The minimum atomic E-state index is -0.833. The number of carboxylic acids is 1. The van der Waals surface area contributed by atoms with Crippen molar-refractivity contribution in [2.24, 2.45) is 0 Å². The van der Waals surface area contributed by atoms with E-state index in [4.69, 9.17) is 14.6 Å². The van der Waals surface area contributed by atoms with E-state index in [0.717, 1.165) is 13.0 Å². The lowest BCUT2D eigenvalue weighted by atomic mass is 9.96. The topological polar surface area (TPSA) is 59.0 Å². The van der Waals surface area contributed by atoms with Crippen LogP contribution in [0.4, 0.5) is 0 Å². The molecule has 0 amide bonds. The van der Waals surface area contributed by atoms with E-state index in [0.29, 0.717) is 6.61 Å². The van der Waals surface area contributed by atoms with Crippen LogP contribution in [0.3, 0.4) is 0 Å². The van der Waals surface area contributed by atoms with Gasteiger partial charge >= 0.3 is 5.97 Å². The fourth-order valence-corrected chi connectivity index (χ4v) is 2.87. The van der Waals surface area contributed by atoms with Crippen molar-refractivity contribution in [2.75, 3.05) is 20.2 Å². The van der Waals surface area contributed by atoms with Crippen LogP contribution in [0.2, 0.25) is 0 Å². The number of carboxylic acid groups (broad SMARTS) is 1. The highest BCUT2D eigenvalue weighted by Crippen LogP contribution is 2.34. The summed E-state index contributed by atoms with van der Waals surface area (Å²) in [7, 11) is 2.08. The van der Waals surface area contributed by atoms with E-state index in [2.05, 4.69) is 11.9 Å². The monoisotopic (exact) mass is 243 g/mol. The Labute approximate surface area is 102 Å². The van der Waals surface area contributed by atoms with Gasteiger partial charge in [-0.1, -0.05) is 6.42 Å². The molecule has 0 aromatic carbocycles. The summed E-state index contributed by atoms with van der Waals surface area (Å²) in [6.07, 6.45) is 3.15. The summed E-state index contributed by atoms with van der Waals surface area (Å²) < 4.78 is 11.6. The molecule has 2 saturated heterocycles. The van der Waals surface area contributed by atoms with Crippen LogP contribution >= 0.6 is 0 Å². The number of ether oxygens (including phenoxy) is 2. The first-order valence-electron chi connectivity index (χ1n) is 6.25. The normalized spacial score (nSPS) is 39.4. The molecule has 17 heavy (non-hydrogen) atoms. The number of nitrogens with zero attached hydrogens (tertiary/aromatic N) is 1. The third-order valence-electron chi connectivity index (χ3n) is 3.73. The Morgan fingerprint density at radius 3 is 2.94 bits per heavy atom. The SMILES string of the molecule is CN1CCCCC1C1(C)OCC(CC(=O)O)O1. The van der Waals surface area contributed by atoms with Crippen LogP contribution in [-0.2, 0) is 14.3 Å². The Morgan fingerprint density at radius 1 is 1.53 bits per heavy atom. The number of likely N-dealkylation sites (N-methyl/N-ethyl adjacent to an activating group) is 1. The summed E-state index contributed by atoms with van der Waals surface area (Å²) in [5.74, 6) is -1.48. The molecule has 0 aromatic rings. The van der Waals surface area contributed by atoms with Gasteiger partial charge in [0.15, 0.2) is 5.79 Å². The summed E-state index contributed by atoms with van der Waals surface area (Å²) in [5, 5.41) is 8.76. The van der Waals surface area contributed by atoms with Crippen molar-refractivity contribution in [1.82, 2.24) is 4.90 Å². The average Bonchev–Trinajstić information content (AvgIpc) is 2.60. The van der Waals surface area contributed by atoms with Crippen LogP contribution in [0.1, 0.15) is 32.6 Å². The zero-order valence-corrected chi connectivity index (χ0v) is 10.5. The molecule has 5 heteroatoms. The molecular weight excluding hydrogens is 222 g/mol. The molecule has 2 fully saturated rings. The van der Waals surface area contributed by atoms with E-state index in [1.54, 1.807) is 0 Å². The first kappa shape index (κ1) is 12.8. The molecule has 2 aliphatic rings. The Bertz CT molecular complexity index is 296. The number of carbonyl (C=O) groups is 1. The molecule has 0 aromatic heterocycles. The highest BCUT2D eigenvalue weighted by molar-refractivity contribution is 5.67. The zero-order chi connectivity index (χ0) is 12.5. The van der Waals surface area contributed by atoms with E-state index < -0.39 is 11.8 Å². The minimum Gasteiger partial charge on any atom is -0.481 e. The van der Waals surface area contributed by atoms with Gasteiger partial charge in [0.1, 0.15) is 0 Å². The summed E-state index contributed by atoms with van der Waals surface area (Å²) in [6.45, 7) is 3.37. The van der Waals surface area contributed by atoms with Crippen LogP contribution < -0.4 is 0 Å². The Hall–Kier alpha value is -0.650. The quantitative estimate of drug-likeness (QED) is 0.803. The van der Waals surface area contributed by atoms with Gasteiger partial charge in [0, 0.05) is 0 Å². The van der Waals surface area contributed by atoms with E-state index >= 15 is 0 Å². The third kappa shape index (κ3) is 2.78. The van der Waals surface area contributed by atoms with Crippen molar-refractivity contribution < 1.29 is 19.4 Å². The van der Waals surface area contributed by atoms with Crippen LogP contribution in [0.15, 0.2) is 0 Å². The summed E-state index contributed by atoms with van der Waals surface area (Å²) in [5.41, 5.74) is 0. The lowest BCUT2D eigenvalue weighted by molar-refractivity contribution is -0.202. The molecule has 0 bridgehead atoms. The third-order valence-corrected chi connectivity index (χ3v) is 3.73. The number of hydrogen-bond acceptors (Lipinski definition) is 4. The Morgan fingerprint density at radius 2 is 2.29 bits per heavy atom. The summed E-state index contributed by atoms with van der Waals surface area (Å²) in [4.78, 5) is 12.9. The van der Waals surface area contributed by atoms with Crippen LogP contribution in [0.25, 0.3) is 0 Å². The van der Waals surface area contributed by atoms with Crippen molar-refractivity contribution in [3.63, 3.8) is 0 Å². The van der Waals surface area contributed by atoms with Gasteiger partial charge in [-0.3, -0.25) is 9.69 Å². The Kier molecular flexibility index (Phi) is 3.70. The van der Waals surface area contributed by atoms with Gasteiger partial charge in [0.2, 0.25) is 0 Å². The van der Waals surface area contributed by atoms with Crippen molar-refractivity contribution in [1.29, 1.82) is 0 Å². The highest BCUT2D eigenvalue weighted by atomic mass is 16.7. The lowest BCUT2D eigenvalue weighted by Crippen LogP contribution is -2.52. The lowest BCUT2D eigenvalue weighted by Gasteiger charge is -2.41. The minimum absolute atomic E-state index is 0.0199. The average molecular weight is 243 g/mol. The van der Waals surface area contributed by atoms with E-state index in [9.17, 15) is 4.79 Å². The zero-order valence-electron chi connectivity index (χ0n) is 10.5. The smallest absolute Gasteiger partial charge is 0.306 e. The molecule has 3 atom stereocenters. The molecule has 5 nitrogen and oxygen atoms in total. The molecule has 0 saturated carbocycles. The molecular formula is C12H21NO4. The molecule has 0 radical (unpaired) electrons. The largest absolute Gasteiger partial charge is 0.481 e. The van der Waals surface area contributed by atoms with Crippen molar-refractivity contribution in [3.05, 3.63) is 0 Å². The number of aliphatic carboxylic acids is 1. The predicted molar refractivity (Wildman–Crippen MR) is 61.8 cm³/mol. The standard InChI is InChI=1S/C12H21NO4/c1-12(10-5-3-4-6-13(10)2)16-8-9(17-12)7-11(14)15/h9-10H,3-8H2,1-2H3,(H,14,15). The fraction of sp³-hybridized carbons (Fsp3) is 0.917.